The summed E-state index contributed by atoms with van der Waals surface area (Å²) in [5, 5.41) is 13.9. The lowest BCUT2D eigenvalue weighted by Gasteiger charge is -2.21. The highest BCUT2D eigenvalue weighted by Gasteiger charge is 2.19. The average molecular weight is 333 g/mol. The second-order valence-electron chi connectivity index (χ2n) is 4.94. The van der Waals surface area contributed by atoms with Crippen LogP contribution in [0.5, 0.6) is 0 Å². The summed E-state index contributed by atoms with van der Waals surface area (Å²) < 4.78 is 13.2. The van der Waals surface area contributed by atoms with Crippen LogP contribution in [0.15, 0.2) is 18.2 Å². The van der Waals surface area contributed by atoms with Crippen LogP contribution in [0, 0.1) is 21.3 Å². The van der Waals surface area contributed by atoms with Crippen LogP contribution in [0.25, 0.3) is 0 Å². The fourth-order valence-corrected chi connectivity index (χ4v) is 1.48. The Bertz CT molecular complexity index is 506. The van der Waals surface area contributed by atoms with Gasteiger partial charge in [-0.3, -0.25) is 14.9 Å². The Labute approximate surface area is 118 Å². The maximum atomic E-state index is 13.2. The second-order valence-corrected chi connectivity index (χ2v) is 5.50. The normalized spacial score (nSPS) is 11.2. The zero-order valence-corrected chi connectivity index (χ0v) is 12.2. The Balaban J connectivity index is 2.85. The van der Waals surface area contributed by atoms with Gasteiger partial charge in [0.15, 0.2) is 0 Å². The maximum Gasteiger partial charge on any atom is 0.273 e. The van der Waals surface area contributed by atoms with E-state index in [9.17, 15) is 19.3 Å². The third kappa shape index (κ3) is 4.59. The van der Waals surface area contributed by atoms with E-state index < -0.39 is 22.3 Å². The molecule has 19 heavy (non-hydrogen) atoms. The molecular formula is C12H14BrFN2O3. The van der Waals surface area contributed by atoms with Gasteiger partial charge in [0.05, 0.1) is 11.0 Å². The van der Waals surface area contributed by atoms with Gasteiger partial charge in [0.2, 0.25) is 0 Å². The third-order valence-electron chi connectivity index (χ3n) is 2.44. The molecule has 1 aromatic carbocycles. The van der Waals surface area contributed by atoms with Gasteiger partial charge < -0.3 is 5.32 Å². The van der Waals surface area contributed by atoms with Crippen LogP contribution >= 0.6 is 15.9 Å². The smallest absolute Gasteiger partial charge is 0.273 e. The lowest BCUT2D eigenvalue weighted by Crippen LogP contribution is -2.34. The maximum absolute atomic E-state index is 13.2. The Hall–Kier alpha value is -1.50. The van der Waals surface area contributed by atoms with Gasteiger partial charge in [0, 0.05) is 23.5 Å². The van der Waals surface area contributed by atoms with Crippen molar-refractivity contribution in [2.45, 2.75) is 13.8 Å². The number of nitrogens with zero attached hydrogens (tertiary/aromatic N) is 1. The topological polar surface area (TPSA) is 72.2 Å². The molecule has 0 atom stereocenters. The van der Waals surface area contributed by atoms with Gasteiger partial charge in [-0.15, -0.1) is 0 Å². The minimum absolute atomic E-state index is 0.0583. The van der Waals surface area contributed by atoms with Crippen molar-refractivity contribution in [2.75, 3.05) is 11.9 Å². The van der Waals surface area contributed by atoms with E-state index in [1.165, 1.54) is 0 Å². The molecule has 0 bridgehead atoms. The van der Waals surface area contributed by atoms with Crippen molar-refractivity contribution >= 4 is 27.5 Å². The summed E-state index contributed by atoms with van der Waals surface area (Å²) >= 11 is 3.32. The van der Waals surface area contributed by atoms with Crippen molar-refractivity contribution in [3.63, 3.8) is 0 Å². The molecule has 0 saturated carbocycles. The molecule has 0 radical (unpaired) electrons. The Morgan fingerprint density at radius 3 is 2.63 bits per heavy atom. The summed E-state index contributed by atoms with van der Waals surface area (Å²) in [6, 6.07) is 2.81. The number of nitro benzene ring substituents is 1. The highest BCUT2D eigenvalue weighted by molar-refractivity contribution is 9.09. The van der Waals surface area contributed by atoms with Crippen LogP contribution in [0.1, 0.15) is 24.2 Å². The number of carbonyl (C=O) groups is 1. The fraction of sp³-hybridized carbons (Fsp3) is 0.417. The van der Waals surface area contributed by atoms with Crippen LogP contribution in [-0.4, -0.2) is 22.7 Å². The van der Waals surface area contributed by atoms with Crippen LogP contribution in [0.2, 0.25) is 0 Å². The number of hydrogen-bond acceptors (Lipinski definition) is 3. The minimum atomic E-state index is -0.806. The van der Waals surface area contributed by atoms with Crippen molar-refractivity contribution in [3.05, 3.63) is 39.7 Å². The Morgan fingerprint density at radius 2 is 2.11 bits per heavy atom. The number of benzene rings is 1. The molecule has 0 unspecified atom stereocenters. The van der Waals surface area contributed by atoms with E-state index >= 15 is 0 Å². The van der Waals surface area contributed by atoms with Crippen molar-refractivity contribution in [2.24, 2.45) is 5.41 Å². The molecule has 1 aromatic rings. The van der Waals surface area contributed by atoms with Gasteiger partial charge in [0.1, 0.15) is 5.82 Å². The first-order valence-electron chi connectivity index (χ1n) is 5.54. The molecule has 0 fully saturated rings. The molecule has 0 aliphatic rings. The molecule has 0 aromatic heterocycles. The minimum Gasteiger partial charge on any atom is -0.351 e. The van der Waals surface area contributed by atoms with Crippen LogP contribution in [0.4, 0.5) is 10.1 Å². The van der Waals surface area contributed by atoms with Crippen LogP contribution < -0.4 is 5.32 Å². The second kappa shape index (κ2) is 6.10. The third-order valence-corrected chi connectivity index (χ3v) is 3.96. The fourth-order valence-electron chi connectivity index (χ4n) is 1.28. The van der Waals surface area contributed by atoms with Gasteiger partial charge in [0.25, 0.3) is 11.6 Å². The Kier molecular flexibility index (Phi) is 4.99. The molecule has 0 aliphatic carbocycles. The standard InChI is InChI=1S/C12H14BrFN2O3/c1-12(2,6-13)7-15-11(17)8-3-9(14)5-10(4-8)16(18)19/h3-5H,6-7H2,1-2H3,(H,15,17). The van der Waals surface area contributed by atoms with E-state index in [-0.39, 0.29) is 11.0 Å². The molecular weight excluding hydrogens is 319 g/mol. The van der Waals surface area contributed by atoms with E-state index in [0.29, 0.717) is 11.9 Å². The summed E-state index contributed by atoms with van der Waals surface area (Å²) in [6.45, 7) is 4.26. The number of carbonyl (C=O) groups excluding carboxylic acids is 1. The molecule has 0 saturated heterocycles. The van der Waals surface area contributed by atoms with Gasteiger partial charge >= 0.3 is 0 Å². The lowest BCUT2D eigenvalue weighted by molar-refractivity contribution is -0.385. The summed E-state index contributed by atoms with van der Waals surface area (Å²) in [6.07, 6.45) is 0. The molecule has 0 heterocycles. The van der Waals surface area contributed by atoms with Crippen molar-refractivity contribution < 1.29 is 14.1 Å². The van der Waals surface area contributed by atoms with Gasteiger partial charge in [-0.25, -0.2) is 4.39 Å². The van der Waals surface area contributed by atoms with Gasteiger partial charge in [-0.05, 0) is 11.5 Å². The number of amides is 1. The van der Waals surface area contributed by atoms with Crippen molar-refractivity contribution in [3.8, 4) is 0 Å². The van der Waals surface area contributed by atoms with Crippen LogP contribution in [0.3, 0.4) is 0 Å². The highest BCUT2D eigenvalue weighted by Crippen LogP contribution is 2.18. The summed E-state index contributed by atoms with van der Waals surface area (Å²) in [7, 11) is 0. The molecule has 5 nitrogen and oxygen atoms in total. The lowest BCUT2D eigenvalue weighted by atomic mass is 9.97. The molecule has 7 heteroatoms. The number of nitro groups is 1. The first-order chi connectivity index (χ1) is 8.75. The largest absolute Gasteiger partial charge is 0.351 e. The van der Waals surface area contributed by atoms with E-state index in [0.717, 1.165) is 18.2 Å². The zero-order chi connectivity index (χ0) is 14.6. The first kappa shape index (κ1) is 15.6. The SMILES string of the molecule is CC(C)(CBr)CNC(=O)c1cc(F)cc([N+](=O)[O-])c1. The molecule has 1 N–H and O–H groups in total. The van der Waals surface area contributed by atoms with E-state index in [4.69, 9.17) is 0 Å². The highest BCUT2D eigenvalue weighted by atomic mass is 79.9. The molecule has 104 valence electrons. The molecule has 0 spiro atoms. The monoisotopic (exact) mass is 332 g/mol. The number of hydrogen-bond donors (Lipinski definition) is 1. The predicted octanol–water partition coefficient (Wildman–Crippen LogP) is 2.88. The van der Waals surface area contributed by atoms with E-state index in [2.05, 4.69) is 21.2 Å². The molecule has 1 rings (SSSR count). The average Bonchev–Trinajstić information content (AvgIpc) is 2.35. The van der Waals surface area contributed by atoms with Crippen molar-refractivity contribution in [1.29, 1.82) is 0 Å². The van der Waals surface area contributed by atoms with E-state index in [1.54, 1.807) is 0 Å². The Morgan fingerprint density at radius 1 is 1.47 bits per heavy atom. The molecule has 1 amide bonds. The zero-order valence-electron chi connectivity index (χ0n) is 10.6. The molecule has 0 aliphatic heterocycles. The summed E-state index contributed by atoms with van der Waals surface area (Å²) in [4.78, 5) is 21.7. The summed E-state index contributed by atoms with van der Waals surface area (Å²) in [5.74, 6) is -1.34. The van der Waals surface area contributed by atoms with E-state index in [1.807, 2.05) is 13.8 Å². The number of non-ortho nitro benzene ring substituents is 1. The number of alkyl halides is 1. The number of nitrogens with one attached hydrogen (secondary N) is 1. The first-order valence-corrected chi connectivity index (χ1v) is 6.66. The summed E-state index contributed by atoms with van der Waals surface area (Å²) in [5.41, 5.74) is -0.656. The van der Waals surface area contributed by atoms with Crippen LogP contribution in [-0.2, 0) is 0 Å². The number of halogens is 2. The predicted molar refractivity (Wildman–Crippen MR) is 73.0 cm³/mol. The number of rotatable bonds is 5. The van der Waals surface area contributed by atoms with Gasteiger partial charge in [-0.2, -0.15) is 0 Å². The quantitative estimate of drug-likeness (QED) is 0.512. The van der Waals surface area contributed by atoms with Crippen molar-refractivity contribution in [1.82, 2.24) is 5.32 Å². The van der Waals surface area contributed by atoms with Gasteiger partial charge in [-0.1, -0.05) is 29.8 Å².